The fraction of sp³-hybridized carbons (Fsp3) is 0.370. The van der Waals surface area contributed by atoms with Gasteiger partial charge in [-0.15, -0.1) is 0 Å². The molecule has 0 unspecified atom stereocenters. The Morgan fingerprint density at radius 1 is 1.08 bits per heavy atom. The topological polar surface area (TPSA) is 120 Å². The van der Waals surface area contributed by atoms with Crippen molar-refractivity contribution in [2.45, 2.75) is 61.9 Å². The number of nitriles is 1. The SMILES string of the molecule is N#Cc1cc(S(=O)(=O)N2CC[C@@H]2C(=O)N(Cc2cnc(C3CCCCC3)cn2)c2ccncc2)cc(F)c1F. The third kappa shape index (κ3) is 5.37. The van der Waals surface area contributed by atoms with Crippen molar-refractivity contribution in [3.05, 3.63) is 77.6 Å². The minimum absolute atomic E-state index is 0.0136. The molecule has 0 spiro atoms. The first-order chi connectivity index (χ1) is 18.8. The van der Waals surface area contributed by atoms with Crippen LogP contribution in [0.5, 0.6) is 0 Å². The Balaban J connectivity index is 1.40. The summed E-state index contributed by atoms with van der Waals surface area (Å²) in [5, 5.41) is 9.07. The number of pyridine rings is 1. The van der Waals surface area contributed by atoms with Crippen molar-refractivity contribution in [1.29, 1.82) is 5.26 Å². The van der Waals surface area contributed by atoms with Crippen LogP contribution in [0.2, 0.25) is 0 Å². The van der Waals surface area contributed by atoms with Crippen molar-refractivity contribution in [3.8, 4) is 6.07 Å². The molecule has 39 heavy (non-hydrogen) atoms. The maximum absolute atomic E-state index is 14.0. The van der Waals surface area contributed by atoms with Crippen LogP contribution in [0.25, 0.3) is 0 Å². The second kappa shape index (κ2) is 11.1. The van der Waals surface area contributed by atoms with E-state index in [1.807, 2.05) is 0 Å². The standard InChI is InChI=1S/C27H26F2N6O3S/c28-23-13-22(12-19(14-30)26(23)29)39(37,38)35-11-8-25(35)27(36)34(21-6-9-31-10-7-21)17-20-15-33-24(16-32-20)18-4-2-1-3-5-18/h6-7,9-10,12-13,15-16,18,25H,1-5,8,11,17H2/t25-/m1/s1. The molecule has 9 nitrogen and oxygen atoms in total. The third-order valence-electron chi connectivity index (χ3n) is 7.29. The molecule has 3 aromatic rings. The Hall–Kier alpha value is -3.82. The van der Waals surface area contributed by atoms with Gasteiger partial charge in [0.05, 0.1) is 34.6 Å². The van der Waals surface area contributed by atoms with Crippen molar-refractivity contribution in [1.82, 2.24) is 19.3 Å². The normalized spacial score (nSPS) is 18.2. The van der Waals surface area contributed by atoms with E-state index in [1.165, 1.54) is 42.6 Å². The first kappa shape index (κ1) is 26.8. The number of halogens is 2. The molecule has 5 rings (SSSR count). The van der Waals surface area contributed by atoms with E-state index >= 15 is 0 Å². The highest BCUT2D eigenvalue weighted by molar-refractivity contribution is 7.89. The number of carbonyl (C=O) groups is 1. The molecule has 2 aliphatic rings. The predicted molar refractivity (Wildman–Crippen MR) is 137 cm³/mol. The summed E-state index contributed by atoms with van der Waals surface area (Å²) in [5.41, 5.74) is 1.23. The maximum atomic E-state index is 14.0. The quantitative estimate of drug-likeness (QED) is 0.433. The molecule has 1 atom stereocenters. The molecule has 1 amide bonds. The zero-order valence-corrected chi connectivity index (χ0v) is 21.8. The van der Waals surface area contributed by atoms with Gasteiger partial charge in [0.2, 0.25) is 15.9 Å². The van der Waals surface area contributed by atoms with Gasteiger partial charge < -0.3 is 4.90 Å². The second-order valence-corrected chi connectivity index (χ2v) is 11.6. The molecule has 0 radical (unpaired) electrons. The Kier molecular flexibility index (Phi) is 7.63. The fourth-order valence-electron chi connectivity index (χ4n) is 5.05. The highest BCUT2D eigenvalue weighted by atomic mass is 32.2. The molecule has 3 heterocycles. The first-order valence-electron chi connectivity index (χ1n) is 12.7. The number of hydrogen-bond acceptors (Lipinski definition) is 7. The fourth-order valence-corrected chi connectivity index (χ4v) is 6.71. The molecule has 202 valence electrons. The molecule has 0 bridgehead atoms. The minimum Gasteiger partial charge on any atom is -0.305 e. The molecule has 2 fully saturated rings. The van der Waals surface area contributed by atoms with Crippen molar-refractivity contribution < 1.29 is 22.0 Å². The number of aromatic nitrogens is 3. The van der Waals surface area contributed by atoms with Gasteiger partial charge in [0, 0.05) is 36.7 Å². The van der Waals surface area contributed by atoms with E-state index in [9.17, 15) is 22.0 Å². The Labute approximate surface area is 225 Å². The second-order valence-electron chi connectivity index (χ2n) is 9.70. The lowest BCUT2D eigenvalue weighted by atomic mass is 9.87. The lowest BCUT2D eigenvalue weighted by Crippen LogP contribution is -2.59. The summed E-state index contributed by atoms with van der Waals surface area (Å²) in [6, 6.07) is 4.95. The molecular weight excluding hydrogens is 526 g/mol. The monoisotopic (exact) mass is 552 g/mol. The average Bonchev–Trinajstić information content (AvgIpc) is 2.93. The van der Waals surface area contributed by atoms with E-state index in [1.54, 1.807) is 24.5 Å². The average molecular weight is 553 g/mol. The number of carbonyl (C=O) groups excluding carboxylic acids is 1. The van der Waals surface area contributed by atoms with E-state index < -0.39 is 44.1 Å². The zero-order valence-electron chi connectivity index (χ0n) is 21.0. The summed E-state index contributed by atoms with van der Waals surface area (Å²) >= 11 is 0. The smallest absolute Gasteiger partial charge is 0.245 e. The molecule has 0 N–H and O–H groups in total. The zero-order chi connectivity index (χ0) is 27.6. The summed E-state index contributed by atoms with van der Waals surface area (Å²) in [6.45, 7) is 0.0641. The van der Waals surface area contributed by atoms with Crippen LogP contribution in [-0.4, -0.2) is 46.2 Å². The summed E-state index contributed by atoms with van der Waals surface area (Å²) in [4.78, 5) is 27.7. The maximum Gasteiger partial charge on any atom is 0.245 e. The van der Waals surface area contributed by atoms with Gasteiger partial charge >= 0.3 is 0 Å². The van der Waals surface area contributed by atoms with E-state index in [4.69, 9.17) is 5.26 Å². The van der Waals surface area contributed by atoms with Gasteiger partial charge in [-0.05, 0) is 43.5 Å². The number of amides is 1. The predicted octanol–water partition coefficient (Wildman–Crippen LogP) is 4.07. The van der Waals surface area contributed by atoms with E-state index in [0.29, 0.717) is 23.4 Å². The van der Waals surface area contributed by atoms with Crippen molar-refractivity contribution in [3.63, 3.8) is 0 Å². The number of benzene rings is 1. The van der Waals surface area contributed by atoms with Crippen LogP contribution in [0.15, 0.2) is 53.9 Å². The van der Waals surface area contributed by atoms with Crippen LogP contribution in [0, 0.1) is 23.0 Å². The van der Waals surface area contributed by atoms with Gasteiger partial charge in [0.15, 0.2) is 11.6 Å². The van der Waals surface area contributed by atoms with E-state index in [-0.39, 0.29) is 19.5 Å². The Morgan fingerprint density at radius 3 is 2.44 bits per heavy atom. The summed E-state index contributed by atoms with van der Waals surface area (Å²) in [7, 11) is -4.39. The lowest BCUT2D eigenvalue weighted by Gasteiger charge is -2.41. The Bertz CT molecular complexity index is 1510. The minimum atomic E-state index is -4.39. The molecular formula is C27H26F2N6O3S. The van der Waals surface area contributed by atoms with Crippen molar-refractivity contribution >= 4 is 21.6 Å². The molecule has 1 saturated heterocycles. The van der Waals surface area contributed by atoms with Gasteiger partial charge in [-0.1, -0.05) is 19.3 Å². The van der Waals surface area contributed by atoms with Crippen LogP contribution in [0.4, 0.5) is 14.5 Å². The van der Waals surface area contributed by atoms with Gasteiger partial charge in [-0.2, -0.15) is 9.57 Å². The number of hydrogen-bond donors (Lipinski definition) is 0. The number of rotatable bonds is 7. The molecule has 2 aromatic heterocycles. The third-order valence-corrected chi connectivity index (χ3v) is 9.18. The van der Waals surface area contributed by atoms with Crippen LogP contribution in [0.1, 0.15) is 61.4 Å². The van der Waals surface area contributed by atoms with Crippen molar-refractivity contribution in [2.75, 3.05) is 11.4 Å². The first-order valence-corrected chi connectivity index (χ1v) is 14.2. The summed E-state index contributed by atoms with van der Waals surface area (Å²) in [5.74, 6) is -3.00. The Morgan fingerprint density at radius 2 is 1.82 bits per heavy atom. The van der Waals surface area contributed by atoms with Crippen LogP contribution in [0.3, 0.4) is 0 Å². The molecule has 1 saturated carbocycles. The van der Waals surface area contributed by atoms with E-state index in [0.717, 1.165) is 28.9 Å². The van der Waals surface area contributed by atoms with Crippen molar-refractivity contribution in [2.24, 2.45) is 0 Å². The molecule has 12 heteroatoms. The van der Waals surface area contributed by atoms with E-state index in [2.05, 4.69) is 15.0 Å². The van der Waals surface area contributed by atoms with Gasteiger partial charge in [0.25, 0.3) is 0 Å². The van der Waals surface area contributed by atoms with Crippen LogP contribution < -0.4 is 4.90 Å². The number of sulfonamides is 1. The molecule has 1 aliphatic carbocycles. The highest BCUT2D eigenvalue weighted by Gasteiger charge is 2.45. The summed E-state index contributed by atoms with van der Waals surface area (Å²) in [6.07, 6.45) is 12.4. The van der Waals surface area contributed by atoms with Gasteiger partial charge in [0.1, 0.15) is 12.1 Å². The van der Waals surface area contributed by atoms with Gasteiger partial charge in [-0.25, -0.2) is 17.2 Å². The number of anilines is 1. The molecule has 1 aliphatic heterocycles. The lowest BCUT2D eigenvalue weighted by molar-refractivity contribution is -0.125. The highest BCUT2D eigenvalue weighted by Crippen LogP contribution is 2.33. The van der Waals surface area contributed by atoms with Crippen LogP contribution in [-0.2, 0) is 21.4 Å². The summed E-state index contributed by atoms with van der Waals surface area (Å²) < 4.78 is 55.4. The van der Waals surface area contributed by atoms with Crippen LogP contribution >= 0.6 is 0 Å². The molecule has 1 aromatic carbocycles. The largest absolute Gasteiger partial charge is 0.305 e. The van der Waals surface area contributed by atoms with Gasteiger partial charge in [-0.3, -0.25) is 19.7 Å². The number of nitrogens with zero attached hydrogens (tertiary/aromatic N) is 6.